The Morgan fingerprint density at radius 1 is 0.456 bits per heavy atom. The van der Waals surface area contributed by atoms with Gasteiger partial charge in [-0.3, -0.25) is 4.57 Å². The average molecular weight is 887 g/mol. The topological polar surface area (TPSA) is 47.4 Å². The summed E-state index contributed by atoms with van der Waals surface area (Å²) in [4.78, 5) is 8.05. The van der Waals surface area contributed by atoms with Crippen molar-refractivity contribution >= 4 is 115 Å². The number of nitrogens with zero attached hydrogens (tertiary/aromatic N) is 3. The third-order valence-electron chi connectivity index (χ3n) is 14.1. The number of aliphatic imine (C=N–C) groups is 1. The molecular weight excluding hydrogens is 849 g/mol. The van der Waals surface area contributed by atoms with Gasteiger partial charge >= 0.3 is 0 Å². The lowest BCUT2D eigenvalue weighted by molar-refractivity contribution is 0.669. The predicted octanol–water partition coefficient (Wildman–Crippen LogP) is 16.1. The zero-order valence-corrected chi connectivity index (χ0v) is 37.3. The van der Waals surface area contributed by atoms with Gasteiger partial charge in [0.2, 0.25) is 5.96 Å². The summed E-state index contributed by atoms with van der Waals surface area (Å²) in [6, 6.07) is 76.7. The van der Waals surface area contributed by atoms with Crippen LogP contribution in [0.3, 0.4) is 0 Å². The van der Waals surface area contributed by atoms with Crippen LogP contribution in [0.4, 0.5) is 0 Å². The van der Waals surface area contributed by atoms with Crippen molar-refractivity contribution in [3.05, 3.63) is 234 Å². The monoisotopic (exact) mass is 886 g/mol. The summed E-state index contributed by atoms with van der Waals surface area (Å²) < 4.78 is 11.1. The molecule has 0 radical (unpaired) electrons. The number of benzene rings is 10. The highest BCUT2D eigenvalue weighted by molar-refractivity contribution is 8.12. The van der Waals surface area contributed by atoms with E-state index in [1.807, 2.05) is 23.9 Å². The van der Waals surface area contributed by atoms with Crippen molar-refractivity contribution in [3.63, 3.8) is 0 Å². The Balaban J connectivity index is 0.974. The first-order valence-corrected chi connectivity index (χ1v) is 24.0. The van der Waals surface area contributed by atoms with E-state index in [9.17, 15) is 0 Å². The molecule has 0 saturated carbocycles. The first-order valence-electron chi connectivity index (χ1n) is 23.1. The third kappa shape index (κ3) is 5.49. The number of fused-ring (bicyclic) bond motifs is 14. The summed E-state index contributed by atoms with van der Waals surface area (Å²) in [5.74, 6) is 0.812. The molecule has 2 aliphatic rings. The van der Waals surface area contributed by atoms with Crippen LogP contribution < -0.4 is 5.32 Å². The molecule has 0 amide bonds. The van der Waals surface area contributed by atoms with E-state index in [0.717, 1.165) is 67.0 Å². The van der Waals surface area contributed by atoms with E-state index in [-0.39, 0.29) is 6.04 Å². The largest absolute Gasteiger partial charge is 0.456 e. The summed E-state index contributed by atoms with van der Waals surface area (Å²) in [5.41, 5.74) is 13.1. The van der Waals surface area contributed by atoms with Crippen molar-refractivity contribution in [2.75, 3.05) is 0 Å². The molecule has 5 nitrogen and oxygen atoms in total. The number of furan rings is 1. The maximum Gasteiger partial charge on any atom is 0.209 e. The summed E-state index contributed by atoms with van der Waals surface area (Å²) in [6.45, 7) is 0. The minimum Gasteiger partial charge on any atom is -0.456 e. The zero-order valence-electron chi connectivity index (χ0n) is 36.5. The molecule has 1 atom stereocenters. The van der Waals surface area contributed by atoms with Crippen LogP contribution in [-0.4, -0.2) is 21.1 Å². The molecule has 0 fully saturated rings. The van der Waals surface area contributed by atoms with E-state index in [4.69, 9.17) is 9.41 Å². The number of nitrogens with one attached hydrogen (secondary N) is 1. The molecule has 2 aliphatic heterocycles. The fourth-order valence-corrected chi connectivity index (χ4v) is 12.3. The maximum absolute atomic E-state index is 6.30. The van der Waals surface area contributed by atoms with Crippen LogP contribution >= 0.6 is 11.8 Å². The first-order chi connectivity index (χ1) is 33.7. The second-order valence-corrected chi connectivity index (χ2v) is 19.0. The molecule has 0 spiro atoms. The number of aromatic nitrogens is 2. The molecule has 5 heterocycles. The van der Waals surface area contributed by atoms with Gasteiger partial charge in [0.25, 0.3) is 0 Å². The molecule has 6 heteroatoms. The molecule has 13 aromatic rings. The van der Waals surface area contributed by atoms with Crippen molar-refractivity contribution in [1.82, 2.24) is 14.5 Å². The van der Waals surface area contributed by atoms with Crippen molar-refractivity contribution < 1.29 is 4.42 Å². The summed E-state index contributed by atoms with van der Waals surface area (Å²) in [6.07, 6.45) is 2.37. The summed E-state index contributed by atoms with van der Waals surface area (Å²) in [5, 5.41) is 15.8. The normalized spacial score (nSPS) is 15.1. The van der Waals surface area contributed by atoms with Gasteiger partial charge in [0.05, 0.1) is 33.8 Å². The minimum atomic E-state index is -0.0441. The Labute approximate surface area is 394 Å². The van der Waals surface area contributed by atoms with Gasteiger partial charge in [0.1, 0.15) is 11.2 Å². The van der Waals surface area contributed by atoms with E-state index < -0.39 is 0 Å². The van der Waals surface area contributed by atoms with Gasteiger partial charge in [-0.2, -0.15) is 0 Å². The van der Waals surface area contributed by atoms with E-state index in [1.165, 1.54) is 69.5 Å². The number of hydrogen-bond donors (Lipinski definition) is 1. The Kier molecular flexibility index (Phi) is 8.00. The Hall–Kier alpha value is -8.58. The molecule has 15 rings (SSSR count). The molecule has 10 aromatic carbocycles. The number of thioether (sulfide) groups is 1. The highest BCUT2D eigenvalue weighted by Crippen LogP contribution is 2.49. The van der Waals surface area contributed by atoms with E-state index in [1.54, 1.807) is 0 Å². The lowest BCUT2D eigenvalue weighted by Gasteiger charge is -2.25. The highest BCUT2D eigenvalue weighted by atomic mass is 32.2. The van der Waals surface area contributed by atoms with E-state index in [2.05, 4.69) is 221 Å². The van der Waals surface area contributed by atoms with Crippen LogP contribution in [0, 0.1) is 0 Å². The molecule has 318 valence electrons. The zero-order chi connectivity index (χ0) is 44.5. The van der Waals surface area contributed by atoms with Crippen molar-refractivity contribution in [2.45, 2.75) is 6.04 Å². The molecular formula is C62H38N4OS. The van der Waals surface area contributed by atoms with Crippen LogP contribution in [0.2, 0.25) is 0 Å². The molecule has 0 aliphatic carbocycles. The summed E-state index contributed by atoms with van der Waals surface area (Å²) >= 11 is 1.82. The molecule has 68 heavy (non-hydrogen) atoms. The quantitative estimate of drug-likeness (QED) is 0.192. The fourth-order valence-electron chi connectivity index (χ4n) is 11.1. The van der Waals surface area contributed by atoms with Crippen LogP contribution in [0.1, 0.15) is 11.1 Å². The highest BCUT2D eigenvalue weighted by Gasteiger charge is 2.33. The van der Waals surface area contributed by atoms with Gasteiger partial charge in [0, 0.05) is 58.8 Å². The first kappa shape index (κ1) is 37.6. The Morgan fingerprint density at radius 3 is 2.00 bits per heavy atom. The lowest BCUT2D eigenvalue weighted by atomic mass is 9.95. The Bertz CT molecular complexity index is 4380. The predicted molar refractivity (Wildman–Crippen MR) is 287 cm³/mol. The standard InChI is InChI=1S/C62H38N4OS/c1-3-16-39(17-4-1)56-36-50-61(68-56)59(40-18-5-2-6-19-40)64-62(63-50)66-51-31-28-41(34-48(51)47-30-26-38-15-8-10-21-45(38)60(47)66)44-23-13-24-52-58(44)57-43-20-9-7-14-37(43)27-32-53(57)65(52)42-29-33-55-49(35-42)46-22-11-12-25-54(46)67-55/h1-36,50H,(H,63,64). The van der Waals surface area contributed by atoms with Crippen LogP contribution in [0.25, 0.3) is 115 Å². The molecule has 1 N–H and O–H groups in total. The SMILES string of the molecule is C1=C(c2ccccc2)SC2=C(c3ccccc3)N=C(n3c4ccc(-c5cccc6c5c5c7ccccc7ccc5n6-c5ccc6oc7ccccc7c6c5)cc4c4ccc5ccccc5c43)NC12. The van der Waals surface area contributed by atoms with Crippen LogP contribution in [-0.2, 0) is 0 Å². The number of para-hydroxylation sites is 1. The van der Waals surface area contributed by atoms with Gasteiger partial charge in [0.15, 0.2) is 0 Å². The van der Waals surface area contributed by atoms with Gasteiger partial charge in [-0.15, -0.1) is 0 Å². The number of rotatable bonds is 4. The smallest absolute Gasteiger partial charge is 0.209 e. The second kappa shape index (κ2) is 14.5. The van der Waals surface area contributed by atoms with Crippen molar-refractivity contribution in [1.29, 1.82) is 0 Å². The maximum atomic E-state index is 6.30. The van der Waals surface area contributed by atoms with Crippen molar-refractivity contribution in [3.8, 4) is 16.8 Å². The number of hydrogen-bond acceptors (Lipinski definition) is 4. The van der Waals surface area contributed by atoms with Crippen molar-refractivity contribution in [2.24, 2.45) is 4.99 Å². The molecule has 1 unspecified atom stereocenters. The second-order valence-electron chi connectivity index (χ2n) is 17.9. The minimum absolute atomic E-state index is 0.0441. The Morgan fingerprint density at radius 2 is 1.15 bits per heavy atom. The van der Waals surface area contributed by atoms with E-state index in [0.29, 0.717) is 0 Å². The average Bonchev–Trinajstić information content (AvgIpc) is 4.18. The fraction of sp³-hybridized carbons (Fsp3) is 0.0161. The molecule has 0 saturated heterocycles. The molecule has 3 aromatic heterocycles. The van der Waals surface area contributed by atoms with Gasteiger partial charge in [-0.25, -0.2) is 4.99 Å². The lowest BCUT2D eigenvalue weighted by Crippen LogP contribution is -2.40. The van der Waals surface area contributed by atoms with Gasteiger partial charge in [-0.05, 0) is 87.5 Å². The third-order valence-corrected chi connectivity index (χ3v) is 15.4. The molecule has 0 bridgehead atoms. The van der Waals surface area contributed by atoms with Gasteiger partial charge < -0.3 is 14.3 Å². The van der Waals surface area contributed by atoms with Gasteiger partial charge in [-0.1, -0.05) is 176 Å². The summed E-state index contributed by atoms with van der Waals surface area (Å²) in [7, 11) is 0. The van der Waals surface area contributed by atoms with E-state index >= 15 is 0 Å². The van der Waals surface area contributed by atoms with Crippen LogP contribution in [0.5, 0.6) is 0 Å². The van der Waals surface area contributed by atoms with Crippen LogP contribution in [0.15, 0.2) is 233 Å².